The van der Waals surface area contributed by atoms with E-state index in [1.165, 1.54) is 0 Å². The van der Waals surface area contributed by atoms with Gasteiger partial charge in [0.15, 0.2) is 6.23 Å². The van der Waals surface area contributed by atoms with Crippen molar-refractivity contribution in [3.05, 3.63) is 53.7 Å². The molecule has 0 bridgehead atoms. The lowest BCUT2D eigenvalue weighted by molar-refractivity contribution is -0.115. The second kappa shape index (κ2) is 7.10. The first-order valence-electron chi connectivity index (χ1n) is 10.7. The Labute approximate surface area is 176 Å². The van der Waals surface area contributed by atoms with Crippen LogP contribution in [0.3, 0.4) is 0 Å². The predicted molar refractivity (Wildman–Crippen MR) is 114 cm³/mol. The van der Waals surface area contributed by atoms with Crippen LogP contribution in [0, 0.1) is 35.5 Å². The maximum Gasteiger partial charge on any atom is 0.229 e. The number of pyridine rings is 1. The lowest BCUT2D eigenvalue weighted by Gasteiger charge is -2.40. The van der Waals surface area contributed by atoms with Crippen LogP contribution in [0.1, 0.15) is 31.0 Å². The summed E-state index contributed by atoms with van der Waals surface area (Å²) in [4.78, 5) is 19.2. The van der Waals surface area contributed by atoms with Crippen LogP contribution in [0.5, 0.6) is 0 Å². The molecule has 6 heteroatoms. The van der Waals surface area contributed by atoms with Crippen molar-refractivity contribution in [2.45, 2.75) is 45.4 Å². The number of aromatic nitrogens is 1. The van der Waals surface area contributed by atoms with Crippen molar-refractivity contribution in [1.82, 2.24) is 4.98 Å². The average molecular weight is 402 g/mol. The highest BCUT2D eigenvalue weighted by Gasteiger charge is 2.68. The van der Waals surface area contributed by atoms with Crippen LogP contribution in [0.4, 0.5) is 11.5 Å². The quantitative estimate of drug-likeness (QED) is 0.772. The number of anilines is 2. The van der Waals surface area contributed by atoms with Gasteiger partial charge in [-0.05, 0) is 43.2 Å². The molecule has 5 rings (SSSR count). The normalized spacial score (nSPS) is 29.6. The molecule has 1 saturated carbocycles. The Morgan fingerprint density at radius 2 is 2.10 bits per heavy atom. The molecule has 1 aromatic carbocycles. The average Bonchev–Trinajstić information content (AvgIpc) is 3.62. The number of epoxide rings is 1. The molecule has 3 heterocycles. The van der Waals surface area contributed by atoms with Gasteiger partial charge in [0.1, 0.15) is 11.9 Å². The van der Waals surface area contributed by atoms with Crippen LogP contribution in [0.2, 0.25) is 0 Å². The number of hydrogen-bond acceptors (Lipinski definition) is 5. The summed E-state index contributed by atoms with van der Waals surface area (Å²) in [7, 11) is 0. The van der Waals surface area contributed by atoms with Crippen molar-refractivity contribution >= 4 is 17.4 Å². The van der Waals surface area contributed by atoms with Crippen molar-refractivity contribution in [1.29, 1.82) is 5.26 Å². The number of carbonyl (C=O) groups is 1. The first-order chi connectivity index (χ1) is 14.5. The summed E-state index contributed by atoms with van der Waals surface area (Å²) < 4.78 is 6.06. The minimum atomic E-state index is -0.351. The molecule has 1 amide bonds. The van der Waals surface area contributed by atoms with Crippen LogP contribution in [0.15, 0.2) is 42.5 Å². The number of ether oxygens (including phenoxy) is 1. The van der Waals surface area contributed by atoms with E-state index in [-0.39, 0.29) is 29.6 Å². The van der Waals surface area contributed by atoms with Crippen LogP contribution >= 0.6 is 0 Å². The molecule has 3 fully saturated rings. The van der Waals surface area contributed by atoms with Gasteiger partial charge in [-0.1, -0.05) is 37.3 Å². The zero-order valence-electron chi connectivity index (χ0n) is 17.3. The smallest absolute Gasteiger partial charge is 0.229 e. The number of benzene rings is 1. The van der Waals surface area contributed by atoms with Crippen molar-refractivity contribution < 1.29 is 9.53 Å². The molecule has 4 atom stereocenters. The Morgan fingerprint density at radius 1 is 1.33 bits per heavy atom. The van der Waals surface area contributed by atoms with Gasteiger partial charge in [0.2, 0.25) is 5.91 Å². The van der Waals surface area contributed by atoms with Gasteiger partial charge in [0.25, 0.3) is 0 Å². The maximum atomic E-state index is 12.5. The molecule has 1 N–H and O–H groups in total. The Bertz CT molecular complexity index is 1010. The van der Waals surface area contributed by atoms with Crippen molar-refractivity contribution in [2.75, 3.05) is 16.8 Å². The van der Waals surface area contributed by atoms with Crippen LogP contribution in [0.25, 0.3) is 0 Å². The number of piperidine rings is 1. The fourth-order valence-corrected chi connectivity index (χ4v) is 5.08. The van der Waals surface area contributed by atoms with Gasteiger partial charge in [0, 0.05) is 24.0 Å². The van der Waals surface area contributed by atoms with E-state index in [0.717, 1.165) is 36.3 Å². The van der Waals surface area contributed by atoms with Gasteiger partial charge in [-0.2, -0.15) is 5.26 Å². The standard InChI is InChI=1S/C24H26N4O2/c1-15-13-28(23-22(30-23)24(15,14-25)18-8-9-18)19-10-16(2)26-20(12-19)27-21(29)11-17-6-4-3-5-7-17/h3-7,10,12,15,18,22-23H,8-9,11,13H2,1-2H3,(H,26,27,29). The number of nitriles is 1. The molecule has 0 spiro atoms. The number of nitrogens with one attached hydrogen (secondary N) is 1. The fourth-order valence-electron chi connectivity index (χ4n) is 5.08. The van der Waals surface area contributed by atoms with Gasteiger partial charge in [-0.3, -0.25) is 4.79 Å². The Morgan fingerprint density at radius 3 is 2.80 bits per heavy atom. The van der Waals surface area contributed by atoms with Crippen molar-refractivity contribution in [3.8, 4) is 6.07 Å². The molecule has 1 aliphatic carbocycles. The molecule has 3 aliphatic rings. The lowest BCUT2D eigenvalue weighted by Crippen LogP contribution is -2.50. The number of aryl methyl sites for hydroxylation is 1. The fraction of sp³-hybridized carbons (Fsp3) is 0.458. The summed E-state index contributed by atoms with van der Waals surface area (Å²) >= 11 is 0. The van der Waals surface area contributed by atoms with E-state index in [0.29, 0.717) is 18.2 Å². The van der Waals surface area contributed by atoms with E-state index in [1.807, 2.05) is 49.4 Å². The molecule has 2 saturated heterocycles. The third-order valence-corrected chi connectivity index (χ3v) is 6.72. The van der Waals surface area contributed by atoms with Crippen LogP contribution in [-0.2, 0) is 16.0 Å². The summed E-state index contributed by atoms with van der Waals surface area (Å²) in [6.45, 7) is 4.87. The van der Waals surface area contributed by atoms with Gasteiger partial charge in [0.05, 0.1) is 17.9 Å². The first kappa shape index (κ1) is 19.1. The van der Waals surface area contributed by atoms with E-state index in [4.69, 9.17) is 4.74 Å². The topological polar surface area (TPSA) is 81.5 Å². The Hall–Kier alpha value is -2.91. The third kappa shape index (κ3) is 3.23. The largest absolute Gasteiger partial charge is 0.346 e. The van der Waals surface area contributed by atoms with Gasteiger partial charge in [-0.15, -0.1) is 0 Å². The predicted octanol–water partition coefficient (Wildman–Crippen LogP) is 3.67. The number of rotatable bonds is 5. The zero-order valence-corrected chi connectivity index (χ0v) is 17.3. The van der Waals surface area contributed by atoms with E-state index >= 15 is 0 Å². The summed E-state index contributed by atoms with van der Waals surface area (Å²) in [6.07, 6.45) is 2.50. The summed E-state index contributed by atoms with van der Waals surface area (Å²) in [6, 6.07) is 16.3. The number of carbonyl (C=O) groups excluding carboxylic acids is 1. The molecule has 6 nitrogen and oxygen atoms in total. The van der Waals surface area contributed by atoms with Crippen molar-refractivity contribution in [3.63, 3.8) is 0 Å². The van der Waals surface area contributed by atoms with E-state index in [9.17, 15) is 10.1 Å². The first-order valence-corrected chi connectivity index (χ1v) is 10.7. The molecule has 154 valence electrons. The molecule has 1 aromatic heterocycles. The lowest BCUT2D eigenvalue weighted by atomic mass is 9.68. The summed E-state index contributed by atoms with van der Waals surface area (Å²) in [5.41, 5.74) is 2.44. The molecule has 0 radical (unpaired) electrons. The highest BCUT2D eigenvalue weighted by molar-refractivity contribution is 5.91. The molecular weight excluding hydrogens is 376 g/mol. The van der Waals surface area contributed by atoms with Gasteiger partial charge < -0.3 is 15.0 Å². The molecular formula is C24H26N4O2. The van der Waals surface area contributed by atoms with E-state index < -0.39 is 0 Å². The number of amides is 1. The highest BCUT2D eigenvalue weighted by Crippen LogP contribution is 2.61. The van der Waals surface area contributed by atoms with Gasteiger partial charge in [-0.25, -0.2) is 4.98 Å². The minimum absolute atomic E-state index is 0.0247. The second-order valence-corrected chi connectivity index (χ2v) is 8.88. The second-order valence-electron chi connectivity index (χ2n) is 8.88. The summed E-state index contributed by atoms with van der Waals surface area (Å²) in [5.74, 6) is 1.16. The third-order valence-electron chi connectivity index (χ3n) is 6.72. The summed E-state index contributed by atoms with van der Waals surface area (Å²) in [5, 5.41) is 12.9. The number of fused-ring (bicyclic) bond motifs is 1. The Kier molecular flexibility index (Phi) is 4.52. The van der Waals surface area contributed by atoms with E-state index in [2.05, 4.69) is 28.2 Å². The SMILES string of the molecule is Cc1cc(N2CC(C)C(C#N)(C3CC3)C3OC32)cc(NC(=O)Cc2ccccc2)n1. The minimum Gasteiger partial charge on any atom is -0.346 e. The number of hydrogen-bond donors (Lipinski definition) is 1. The van der Waals surface area contributed by atoms with Gasteiger partial charge >= 0.3 is 0 Å². The zero-order chi connectivity index (χ0) is 20.9. The number of nitrogens with zero attached hydrogens (tertiary/aromatic N) is 3. The monoisotopic (exact) mass is 402 g/mol. The van der Waals surface area contributed by atoms with E-state index in [1.54, 1.807) is 0 Å². The molecule has 2 aromatic rings. The van der Waals surface area contributed by atoms with Crippen LogP contribution < -0.4 is 10.2 Å². The van der Waals surface area contributed by atoms with Crippen LogP contribution in [-0.4, -0.2) is 29.8 Å². The molecule has 4 unspecified atom stereocenters. The highest BCUT2D eigenvalue weighted by atomic mass is 16.6. The Balaban J connectivity index is 1.33. The molecule has 2 aliphatic heterocycles. The molecule has 30 heavy (non-hydrogen) atoms. The van der Waals surface area contributed by atoms with Crippen molar-refractivity contribution in [2.24, 2.45) is 17.3 Å². The maximum absolute atomic E-state index is 12.5.